The zero-order valence-electron chi connectivity index (χ0n) is 24.4. The molecule has 1 aromatic heterocycles. The van der Waals surface area contributed by atoms with E-state index in [9.17, 15) is 14.4 Å². The van der Waals surface area contributed by atoms with E-state index < -0.39 is 11.7 Å². The molecule has 0 atom stereocenters. The van der Waals surface area contributed by atoms with Crippen LogP contribution in [0.5, 0.6) is 0 Å². The van der Waals surface area contributed by atoms with E-state index >= 15 is 0 Å². The molecule has 0 radical (unpaired) electrons. The van der Waals surface area contributed by atoms with Gasteiger partial charge in [-0.1, -0.05) is 25.0 Å². The number of benzene rings is 1. The number of carbonyl (C=O) groups is 3. The minimum Gasteiger partial charge on any atom is -0.444 e. The number of hydrogen-bond donors (Lipinski definition) is 3. The van der Waals surface area contributed by atoms with Crippen LogP contribution in [0.1, 0.15) is 68.8 Å². The van der Waals surface area contributed by atoms with Crippen molar-refractivity contribution in [1.29, 1.82) is 0 Å². The molecular weight excluding hydrogens is 542 g/mol. The average molecular weight is 586 g/mol. The van der Waals surface area contributed by atoms with Crippen molar-refractivity contribution < 1.29 is 23.9 Å². The topological polar surface area (TPSA) is 112 Å². The number of morpholine rings is 1. The van der Waals surface area contributed by atoms with E-state index in [4.69, 9.17) is 9.47 Å². The van der Waals surface area contributed by atoms with Crippen molar-refractivity contribution >= 4 is 40.7 Å². The number of thiophene rings is 1. The standard InChI is InChI=1S/C30H43N5O5S/c1-30(2,3)40-29(38)33-26-21-41-20-25(26)32-27(36)23-11-9-22(10-12-23)19-35(28(37)31-24-7-4-5-8-24)14-6-13-34-15-17-39-18-16-34/h9-12,20-21,24H,4-8,13-19H2,1-3H3,(H,31,37)(H,32,36)(H,33,38). The third-order valence-electron chi connectivity index (χ3n) is 7.11. The van der Waals surface area contributed by atoms with E-state index in [-0.39, 0.29) is 18.0 Å². The summed E-state index contributed by atoms with van der Waals surface area (Å²) in [5.74, 6) is -0.288. The minimum atomic E-state index is -0.624. The first-order chi connectivity index (χ1) is 19.7. The Morgan fingerprint density at radius 2 is 1.68 bits per heavy atom. The number of hydrogen-bond acceptors (Lipinski definition) is 7. The molecule has 2 aromatic rings. The highest BCUT2D eigenvalue weighted by Gasteiger charge is 2.22. The van der Waals surface area contributed by atoms with Crippen LogP contribution in [-0.2, 0) is 16.0 Å². The van der Waals surface area contributed by atoms with Crippen LogP contribution in [0.15, 0.2) is 35.0 Å². The number of urea groups is 1. The van der Waals surface area contributed by atoms with Gasteiger partial charge in [-0.15, -0.1) is 11.3 Å². The second kappa shape index (κ2) is 14.7. The number of amides is 4. The van der Waals surface area contributed by atoms with E-state index in [1.165, 1.54) is 11.3 Å². The van der Waals surface area contributed by atoms with Gasteiger partial charge in [0, 0.05) is 55.1 Å². The summed E-state index contributed by atoms with van der Waals surface area (Å²) in [4.78, 5) is 42.6. The van der Waals surface area contributed by atoms with Gasteiger partial charge < -0.3 is 25.0 Å². The summed E-state index contributed by atoms with van der Waals surface area (Å²) in [7, 11) is 0. The molecule has 3 N–H and O–H groups in total. The first kappa shape index (κ1) is 30.8. The van der Waals surface area contributed by atoms with Crippen LogP contribution < -0.4 is 16.0 Å². The predicted octanol–water partition coefficient (Wildman–Crippen LogP) is 5.52. The fourth-order valence-corrected chi connectivity index (χ4v) is 5.69. The van der Waals surface area contributed by atoms with E-state index in [1.54, 1.807) is 43.7 Å². The lowest BCUT2D eigenvalue weighted by atomic mass is 10.1. The third kappa shape index (κ3) is 10.0. The fraction of sp³-hybridized carbons (Fsp3) is 0.567. The van der Waals surface area contributed by atoms with Crippen molar-refractivity contribution in [3.05, 3.63) is 46.2 Å². The quantitative estimate of drug-likeness (QED) is 0.338. The van der Waals surface area contributed by atoms with Gasteiger partial charge in [0.15, 0.2) is 0 Å². The van der Waals surface area contributed by atoms with Crippen LogP contribution in [0, 0.1) is 0 Å². The van der Waals surface area contributed by atoms with Crippen molar-refractivity contribution in [1.82, 2.24) is 15.1 Å². The van der Waals surface area contributed by atoms with Crippen LogP contribution in [0.4, 0.5) is 21.0 Å². The van der Waals surface area contributed by atoms with Gasteiger partial charge >= 0.3 is 12.1 Å². The molecule has 2 heterocycles. The molecule has 1 aliphatic heterocycles. The summed E-state index contributed by atoms with van der Waals surface area (Å²) >= 11 is 1.36. The SMILES string of the molecule is CC(C)(C)OC(=O)Nc1cscc1NC(=O)c1ccc(CN(CCCN2CCOCC2)C(=O)NC2CCCC2)cc1. The Morgan fingerprint density at radius 1 is 1.02 bits per heavy atom. The molecule has 0 bridgehead atoms. The molecule has 0 unspecified atom stereocenters. The number of carbonyl (C=O) groups excluding carboxylic acids is 3. The second-order valence-corrected chi connectivity index (χ2v) is 12.4. The molecule has 2 fully saturated rings. The molecule has 2 aliphatic rings. The van der Waals surface area contributed by atoms with Crippen molar-refractivity contribution in [3.8, 4) is 0 Å². The van der Waals surface area contributed by atoms with E-state index in [2.05, 4.69) is 20.9 Å². The van der Waals surface area contributed by atoms with E-state index in [0.717, 1.165) is 70.5 Å². The maximum absolute atomic E-state index is 13.2. The number of ether oxygens (including phenoxy) is 2. The minimum absolute atomic E-state index is 0.0248. The lowest BCUT2D eigenvalue weighted by molar-refractivity contribution is 0.0364. The molecule has 4 rings (SSSR count). The monoisotopic (exact) mass is 585 g/mol. The molecular formula is C30H43N5O5S. The second-order valence-electron chi connectivity index (χ2n) is 11.6. The maximum atomic E-state index is 13.2. The largest absolute Gasteiger partial charge is 0.444 e. The van der Waals surface area contributed by atoms with Gasteiger partial charge in [-0.2, -0.15) is 0 Å². The highest BCUT2D eigenvalue weighted by atomic mass is 32.1. The summed E-state index contributed by atoms with van der Waals surface area (Å²) in [5.41, 5.74) is 1.80. The lowest BCUT2D eigenvalue weighted by Gasteiger charge is -2.29. The molecule has 41 heavy (non-hydrogen) atoms. The molecule has 224 valence electrons. The number of nitrogens with one attached hydrogen (secondary N) is 3. The lowest BCUT2D eigenvalue weighted by Crippen LogP contribution is -2.45. The van der Waals surface area contributed by atoms with Crippen LogP contribution in [0.25, 0.3) is 0 Å². The van der Waals surface area contributed by atoms with Crippen LogP contribution in [0.2, 0.25) is 0 Å². The number of nitrogens with zero attached hydrogens (tertiary/aromatic N) is 2. The van der Waals surface area contributed by atoms with Crippen molar-refractivity contribution in [2.45, 2.75) is 71.1 Å². The van der Waals surface area contributed by atoms with Crippen LogP contribution in [0.3, 0.4) is 0 Å². The Bertz CT molecular complexity index is 1150. The third-order valence-corrected chi connectivity index (χ3v) is 7.85. The Labute approximate surface area is 246 Å². The Morgan fingerprint density at radius 3 is 2.34 bits per heavy atom. The average Bonchev–Trinajstić information content (AvgIpc) is 3.60. The summed E-state index contributed by atoms with van der Waals surface area (Å²) in [6.45, 7) is 10.8. The van der Waals surface area contributed by atoms with E-state index in [0.29, 0.717) is 30.0 Å². The molecule has 11 heteroatoms. The summed E-state index contributed by atoms with van der Waals surface area (Å²) in [6, 6.07) is 7.53. The molecule has 1 saturated carbocycles. The Kier molecular flexibility index (Phi) is 11.0. The zero-order chi connectivity index (χ0) is 29.2. The number of anilines is 2. The molecule has 4 amide bonds. The Hall–Kier alpha value is -3.15. The van der Waals surface area contributed by atoms with Crippen molar-refractivity contribution in [3.63, 3.8) is 0 Å². The van der Waals surface area contributed by atoms with Crippen molar-refractivity contribution in [2.24, 2.45) is 0 Å². The fourth-order valence-electron chi connectivity index (χ4n) is 4.98. The van der Waals surface area contributed by atoms with Gasteiger partial charge in [0.25, 0.3) is 5.91 Å². The summed E-state index contributed by atoms with van der Waals surface area (Å²) in [5, 5.41) is 12.3. The van der Waals surface area contributed by atoms with Crippen LogP contribution >= 0.6 is 11.3 Å². The zero-order valence-corrected chi connectivity index (χ0v) is 25.2. The smallest absolute Gasteiger partial charge is 0.412 e. The van der Waals surface area contributed by atoms with Crippen LogP contribution in [-0.4, -0.2) is 78.9 Å². The van der Waals surface area contributed by atoms with Gasteiger partial charge in [-0.25, -0.2) is 9.59 Å². The van der Waals surface area contributed by atoms with Gasteiger partial charge in [0.1, 0.15) is 5.60 Å². The summed E-state index contributed by atoms with van der Waals surface area (Å²) in [6.07, 6.45) is 4.71. The first-order valence-electron chi connectivity index (χ1n) is 14.5. The molecule has 1 saturated heterocycles. The van der Waals surface area contributed by atoms with Gasteiger partial charge in [0.2, 0.25) is 0 Å². The highest BCUT2D eigenvalue weighted by Crippen LogP contribution is 2.28. The molecule has 1 aromatic carbocycles. The molecule has 10 nitrogen and oxygen atoms in total. The summed E-state index contributed by atoms with van der Waals surface area (Å²) < 4.78 is 10.8. The van der Waals surface area contributed by atoms with Gasteiger partial charge in [-0.3, -0.25) is 15.0 Å². The molecule has 0 spiro atoms. The predicted molar refractivity (Wildman–Crippen MR) is 162 cm³/mol. The van der Waals surface area contributed by atoms with Gasteiger partial charge in [0.05, 0.1) is 24.6 Å². The normalized spacial score (nSPS) is 16.3. The first-order valence-corrected chi connectivity index (χ1v) is 15.4. The Balaban J connectivity index is 1.34. The highest BCUT2D eigenvalue weighted by molar-refractivity contribution is 7.09. The maximum Gasteiger partial charge on any atom is 0.412 e. The van der Waals surface area contributed by atoms with Crippen molar-refractivity contribution in [2.75, 3.05) is 50.0 Å². The molecule has 1 aliphatic carbocycles. The van der Waals surface area contributed by atoms with E-state index in [1.807, 2.05) is 17.0 Å². The number of rotatable bonds is 10. The van der Waals surface area contributed by atoms with Gasteiger partial charge in [-0.05, 0) is 57.7 Å².